The van der Waals surface area contributed by atoms with E-state index >= 15 is 0 Å². The van der Waals surface area contributed by atoms with Crippen molar-refractivity contribution in [2.75, 3.05) is 13.7 Å². The first kappa shape index (κ1) is 10.1. The molecule has 0 aromatic heterocycles. The minimum Gasteiger partial charge on any atom is -0.496 e. The Balaban J connectivity index is 2.74. The molecule has 0 fully saturated rings. The highest BCUT2D eigenvalue weighted by atomic mass is 16.5. The minimum absolute atomic E-state index is 0.910. The van der Waals surface area contributed by atoms with Crippen LogP contribution >= 0.6 is 0 Å². The Hall–Kier alpha value is -1.02. The first-order valence-corrected chi connectivity index (χ1v) is 4.62. The van der Waals surface area contributed by atoms with Gasteiger partial charge >= 0.3 is 0 Å². The van der Waals surface area contributed by atoms with Crippen LogP contribution in [-0.2, 0) is 6.54 Å². The smallest absolute Gasteiger partial charge is 0.122 e. The molecule has 0 radical (unpaired) electrons. The number of benzene rings is 1. The molecule has 1 rings (SSSR count). The van der Waals surface area contributed by atoms with Crippen LogP contribution in [0.5, 0.6) is 5.75 Å². The van der Waals surface area contributed by atoms with Crippen molar-refractivity contribution >= 4 is 0 Å². The molecule has 0 aliphatic carbocycles. The molecule has 2 nitrogen and oxygen atoms in total. The summed E-state index contributed by atoms with van der Waals surface area (Å²) in [6.45, 7) is 6.06. The van der Waals surface area contributed by atoms with E-state index in [1.54, 1.807) is 7.11 Å². The van der Waals surface area contributed by atoms with Gasteiger partial charge in [-0.1, -0.05) is 19.1 Å². The first-order chi connectivity index (χ1) is 6.27. The quantitative estimate of drug-likeness (QED) is 0.764. The van der Waals surface area contributed by atoms with Crippen molar-refractivity contribution in [3.63, 3.8) is 0 Å². The summed E-state index contributed by atoms with van der Waals surface area (Å²) < 4.78 is 5.24. The topological polar surface area (TPSA) is 21.3 Å². The lowest BCUT2D eigenvalue weighted by atomic mass is 10.1. The Morgan fingerprint density at radius 3 is 2.77 bits per heavy atom. The second kappa shape index (κ2) is 4.87. The van der Waals surface area contributed by atoms with Gasteiger partial charge in [0.2, 0.25) is 0 Å². The third kappa shape index (κ3) is 2.74. The summed E-state index contributed by atoms with van der Waals surface area (Å²) in [7, 11) is 1.71. The van der Waals surface area contributed by atoms with Crippen LogP contribution in [0.3, 0.4) is 0 Å². The Bertz CT molecular complexity index is 271. The van der Waals surface area contributed by atoms with Gasteiger partial charge in [-0.3, -0.25) is 0 Å². The summed E-state index contributed by atoms with van der Waals surface area (Å²) in [6.07, 6.45) is 0. The van der Waals surface area contributed by atoms with E-state index in [-0.39, 0.29) is 0 Å². The highest BCUT2D eigenvalue weighted by molar-refractivity contribution is 5.36. The lowest BCUT2D eigenvalue weighted by Gasteiger charge is -2.07. The van der Waals surface area contributed by atoms with Crippen molar-refractivity contribution in [3.05, 3.63) is 29.3 Å². The standard InChI is InChI=1S/C11H17NO/c1-4-12-8-10-6-5-9(2)11(7-10)13-3/h5-7,12H,4,8H2,1-3H3. The second-order valence-corrected chi connectivity index (χ2v) is 3.08. The van der Waals surface area contributed by atoms with E-state index in [0.29, 0.717) is 0 Å². The van der Waals surface area contributed by atoms with Crippen LogP contribution in [0.4, 0.5) is 0 Å². The summed E-state index contributed by atoms with van der Waals surface area (Å²) in [4.78, 5) is 0. The number of hydrogen-bond acceptors (Lipinski definition) is 2. The second-order valence-electron chi connectivity index (χ2n) is 3.08. The molecule has 0 aliphatic rings. The van der Waals surface area contributed by atoms with E-state index < -0.39 is 0 Å². The molecule has 1 N–H and O–H groups in total. The zero-order chi connectivity index (χ0) is 9.68. The van der Waals surface area contributed by atoms with E-state index in [1.165, 1.54) is 11.1 Å². The van der Waals surface area contributed by atoms with E-state index in [4.69, 9.17) is 4.74 Å². The van der Waals surface area contributed by atoms with Crippen LogP contribution in [0, 0.1) is 6.92 Å². The highest BCUT2D eigenvalue weighted by Gasteiger charge is 1.98. The van der Waals surface area contributed by atoms with Crippen LogP contribution in [0.25, 0.3) is 0 Å². The van der Waals surface area contributed by atoms with Gasteiger partial charge in [0.05, 0.1) is 7.11 Å². The zero-order valence-electron chi connectivity index (χ0n) is 8.55. The van der Waals surface area contributed by atoms with Crippen molar-refractivity contribution in [1.29, 1.82) is 0 Å². The van der Waals surface area contributed by atoms with Crippen LogP contribution < -0.4 is 10.1 Å². The molecule has 0 unspecified atom stereocenters. The monoisotopic (exact) mass is 179 g/mol. The number of aryl methyl sites for hydroxylation is 1. The van der Waals surface area contributed by atoms with Crippen molar-refractivity contribution in [1.82, 2.24) is 5.32 Å². The molecule has 0 spiro atoms. The molecule has 0 bridgehead atoms. The van der Waals surface area contributed by atoms with E-state index in [2.05, 4.69) is 37.4 Å². The lowest BCUT2D eigenvalue weighted by molar-refractivity contribution is 0.411. The Morgan fingerprint density at radius 1 is 1.38 bits per heavy atom. The Morgan fingerprint density at radius 2 is 2.15 bits per heavy atom. The van der Waals surface area contributed by atoms with Crippen molar-refractivity contribution in [3.8, 4) is 5.75 Å². The number of hydrogen-bond donors (Lipinski definition) is 1. The van der Waals surface area contributed by atoms with Crippen LogP contribution in [0.2, 0.25) is 0 Å². The Labute approximate surface area is 79.9 Å². The van der Waals surface area contributed by atoms with Crippen LogP contribution in [0.15, 0.2) is 18.2 Å². The summed E-state index contributed by atoms with van der Waals surface area (Å²) in [6, 6.07) is 6.30. The molecular weight excluding hydrogens is 162 g/mol. The van der Waals surface area contributed by atoms with E-state index in [0.717, 1.165) is 18.8 Å². The number of methoxy groups -OCH3 is 1. The fourth-order valence-corrected chi connectivity index (χ4v) is 1.24. The fourth-order valence-electron chi connectivity index (χ4n) is 1.24. The summed E-state index contributed by atoms with van der Waals surface area (Å²) in [5, 5.41) is 3.28. The Kier molecular flexibility index (Phi) is 3.77. The maximum atomic E-state index is 5.24. The molecule has 0 atom stereocenters. The molecule has 72 valence electrons. The molecule has 0 aliphatic heterocycles. The third-order valence-electron chi connectivity index (χ3n) is 2.05. The summed E-state index contributed by atoms with van der Waals surface area (Å²) >= 11 is 0. The van der Waals surface area contributed by atoms with Gasteiger partial charge < -0.3 is 10.1 Å². The molecule has 0 amide bonds. The van der Waals surface area contributed by atoms with Crippen molar-refractivity contribution in [2.24, 2.45) is 0 Å². The predicted octanol–water partition coefficient (Wildman–Crippen LogP) is 2.11. The molecule has 1 aromatic rings. The van der Waals surface area contributed by atoms with Gasteiger partial charge in [0.1, 0.15) is 5.75 Å². The first-order valence-electron chi connectivity index (χ1n) is 4.62. The van der Waals surface area contributed by atoms with E-state index in [9.17, 15) is 0 Å². The summed E-state index contributed by atoms with van der Waals surface area (Å²) in [5.74, 6) is 0.968. The van der Waals surface area contributed by atoms with Gasteiger partial charge in [-0.15, -0.1) is 0 Å². The SMILES string of the molecule is CCNCc1ccc(C)c(OC)c1. The van der Waals surface area contributed by atoms with Gasteiger partial charge in [0, 0.05) is 6.54 Å². The number of nitrogens with one attached hydrogen (secondary N) is 1. The molecule has 0 heterocycles. The van der Waals surface area contributed by atoms with Crippen molar-refractivity contribution < 1.29 is 4.74 Å². The molecule has 13 heavy (non-hydrogen) atoms. The van der Waals surface area contributed by atoms with Gasteiger partial charge in [-0.2, -0.15) is 0 Å². The van der Waals surface area contributed by atoms with Gasteiger partial charge in [-0.05, 0) is 30.7 Å². The predicted molar refractivity (Wildman–Crippen MR) is 55.1 cm³/mol. The number of rotatable bonds is 4. The van der Waals surface area contributed by atoms with Gasteiger partial charge in [-0.25, -0.2) is 0 Å². The average molecular weight is 179 g/mol. The lowest BCUT2D eigenvalue weighted by Crippen LogP contribution is -2.11. The third-order valence-corrected chi connectivity index (χ3v) is 2.05. The fraction of sp³-hybridized carbons (Fsp3) is 0.455. The highest BCUT2D eigenvalue weighted by Crippen LogP contribution is 2.18. The molecular formula is C11H17NO. The molecule has 0 saturated heterocycles. The molecule has 0 saturated carbocycles. The van der Waals surface area contributed by atoms with Gasteiger partial charge in [0.15, 0.2) is 0 Å². The van der Waals surface area contributed by atoms with Gasteiger partial charge in [0.25, 0.3) is 0 Å². The average Bonchev–Trinajstić information content (AvgIpc) is 2.16. The maximum absolute atomic E-state index is 5.24. The minimum atomic E-state index is 0.910. The van der Waals surface area contributed by atoms with Crippen molar-refractivity contribution in [2.45, 2.75) is 20.4 Å². The maximum Gasteiger partial charge on any atom is 0.122 e. The molecule has 2 heteroatoms. The number of ether oxygens (including phenoxy) is 1. The van der Waals surface area contributed by atoms with E-state index in [1.807, 2.05) is 0 Å². The zero-order valence-corrected chi connectivity index (χ0v) is 8.55. The van der Waals surface area contributed by atoms with Crippen LogP contribution in [-0.4, -0.2) is 13.7 Å². The summed E-state index contributed by atoms with van der Waals surface area (Å²) in [5.41, 5.74) is 2.45. The largest absolute Gasteiger partial charge is 0.496 e. The normalized spacial score (nSPS) is 10.1. The van der Waals surface area contributed by atoms with Crippen LogP contribution in [0.1, 0.15) is 18.1 Å². The molecule has 1 aromatic carbocycles.